The highest BCUT2D eigenvalue weighted by Crippen LogP contribution is 2.17. The summed E-state index contributed by atoms with van der Waals surface area (Å²) >= 11 is 0. The van der Waals surface area contributed by atoms with Gasteiger partial charge in [0.25, 0.3) is 5.91 Å². The van der Waals surface area contributed by atoms with Crippen LogP contribution in [0.25, 0.3) is 10.8 Å². The maximum atomic E-state index is 12.9. The van der Waals surface area contributed by atoms with E-state index in [0.717, 1.165) is 10.8 Å². The van der Waals surface area contributed by atoms with E-state index in [4.69, 9.17) is 5.11 Å². The van der Waals surface area contributed by atoms with E-state index < -0.39 is 29.9 Å². The number of aliphatic carboxylic acids is 1. The van der Waals surface area contributed by atoms with Crippen molar-refractivity contribution in [2.75, 3.05) is 0 Å². The van der Waals surface area contributed by atoms with Crippen LogP contribution in [0.5, 0.6) is 0 Å². The molecule has 2 amide bonds. The van der Waals surface area contributed by atoms with Crippen LogP contribution in [-0.2, 0) is 19.2 Å². The van der Waals surface area contributed by atoms with E-state index in [1.807, 2.05) is 44.2 Å². The molecule has 2 aromatic rings. The van der Waals surface area contributed by atoms with Crippen LogP contribution in [0.1, 0.15) is 50.4 Å². The molecular weight excluding hydrogens is 424 g/mol. The molecule has 0 heterocycles. The van der Waals surface area contributed by atoms with E-state index in [2.05, 4.69) is 10.6 Å². The van der Waals surface area contributed by atoms with Gasteiger partial charge in [0.05, 0.1) is 12.1 Å². The van der Waals surface area contributed by atoms with Crippen molar-refractivity contribution in [3.63, 3.8) is 0 Å². The first-order chi connectivity index (χ1) is 15.6. The lowest BCUT2D eigenvalue weighted by atomic mass is 9.92. The molecule has 0 aliphatic carbocycles. The lowest BCUT2D eigenvalue weighted by Crippen LogP contribution is -2.46. The highest BCUT2D eigenvalue weighted by molar-refractivity contribution is 6.01. The number of carboxylic acid groups (broad SMARTS) is 1. The summed E-state index contributed by atoms with van der Waals surface area (Å²) in [6.07, 6.45) is 0.0716. The van der Waals surface area contributed by atoms with Crippen molar-refractivity contribution in [1.29, 1.82) is 0 Å². The molecule has 3 atom stereocenters. The molecule has 2 rings (SSSR count). The van der Waals surface area contributed by atoms with Gasteiger partial charge in [0.2, 0.25) is 5.91 Å². The third-order valence-electron chi connectivity index (χ3n) is 5.43. The number of hydrogen-bond donors (Lipinski definition) is 3. The van der Waals surface area contributed by atoms with Crippen molar-refractivity contribution in [3.05, 3.63) is 48.0 Å². The molecule has 8 heteroatoms. The van der Waals surface area contributed by atoms with Gasteiger partial charge in [0, 0.05) is 24.3 Å². The minimum Gasteiger partial charge on any atom is -0.481 e. The number of aldehydes is 1. The second-order valence-corrected chi connectivity index (χ2v) is 8.51. The van der Waals surface area contributed by atoms with Crippen molar-refractivity contribution in [1.82, 2.24) is 10.6 Å². The minimum absolute atomic E-state index is 0.0261. The molecule has 176 valence electrons. The number of fused-ring (bicyclic) bond motifs is 1. The standard InChI is InChI=1S/C25H30N2O6/c1-15(2)23(27-25(33)19-9-8-17-6-4-5-7-18(17)13-19)21(29)12-16(3)24(32)26-20(14-28)10-11-22(30)31/h4-9,13-16,20,23H,10-12H2,1-3H3,(H,26,32)(H,27,33)(H,30,31)/t16-,20-,23-/m0/s1. The number of amides is 2. The number of Topliss-reactive ketones (excluding diaryl/α,β-unsaturated/α-hetero) is 1. The maximum absolute atomic E-state index is 12.9. The second kappa shape index (κ2) is 11.9. The molecule has 33 heavy (non-hydrogen) atoms. The average Bonchev–Trinajstić information content (AvgIpc) is 2.78. The van der Waals surface area contributed by atoms with Gasteiger partial charge in [0.15, 0.2) is 5.78 Å². The summed E-state index contributed by atoms with van der Waals surface area (Å²) in [6, 6.07) is 11.2. The first kappa shape index (κ1) is 25.7. The van der Waals surface area contributed by atoms with Gasteiger partial charge in [-0.1, -0.05) is 51.1 Å². The number of hydrogen-bond acceptors (Lipinski definition) is 5. The Hall–Kier alpha value is -3.55. The summed E-state index contributed by atoms with van der Waals surface area (Å²) in [4.78, 5) is 59.9. The number of rotatable bonds is 12. The zero-order valence-corrected chi connectivity index (χ0v) is 19.0. The molecule has 3 N–H and O–H groups in total. The van der Waals surface area contributed by atoms with Crippen molar-refractivity contribution < 1.29 is 29.1 Å². The Bertz CT molecular complexity index is 1030. The molecule has 0 bridgehead atoms. The van der Waals surface area contributed by atoms with Crippen LogP contribution in [0.2, 0.25) is 0 Å². The Morgan fingerprint density at radius 3 is 2.24 bits per heavy atom. The molecular formula is C25H30N2O6. The Kier molecular flexibility index (Phi) is 9.27. The number of ketones is 1. The summed E-state index contributed by atoms with van der Waals surface area (Å²) < 4.78 is 0. The average molecular weight is 455 g/mol. The number of nitrogens with one attached hydrogen (secondary N) is 2. The first-order valence-electron chi connectivity index (χ1n) is 10.9. The van der Waals surface area contributed by atoms with E-state index >= 15 is 0 Å². The largest absolute Gasteiger partial charge is 0.481 e. The van der Waals surface area contributed by atoms with E-state index in [1.54, 1.807) is 19.1 Å². The fourth-order valence-electron chi connectivity index (χ4n) is 3.47. The first-order valence-corrected chi connectivity index (χ1v) is 10.9. The molecule has 0 saturated heterocycles. The molecule has 0 radical (unpaired) electrons. The van der Waals surface area contributed by atoms with Crippen LogP contribution in [0.4, 0.5) is 0 Å². The van der Waals surface area contributed by atoms with Crippen LogP contribution < -0.4 is 10.6 Å². The predicted octanol–water partition coefficient (Wildman–Crippen LogP) is 2.74. The van der Waals surface area contributed by atoms with Crippen molar-refractivity contribution in [3.8, 4) is 0 Å². The van der Waals surface area contributed by atoms with E-state index in [9.17, 15) is 24.0 Å². The van der Waals surface area contributed by atoms with E-state index in [0.29, 0.717) is 11.8 Å². The smallest absolute Gasteiger partial charge is 0.303 e. The molecule has 0 aromatic heterocycles. The number of carbonyl (C=O) groups excluding carboxylic acids is 4. The number of benzene rings is 2. The van der Waals surface area contributed by atoms with Gasteiger partial charge in [-0.15, -0.1) is 0 Å². The molecule has 2 aromatic carbocycles. The van der Waals surface area contributed by atoms with Gasteiger partial charge in [-0.25, -0.2) is 0 Å². The Morgan fingerprint density at radius 2 is 1.64 bits per heavy atom. The lowest BCUT2D eigenvalue weighted by molar-refractivity contribution is -0.137. The molecule has 0 fully saturated rings. The summed E-state index contributed by atoms with van der Waals surface area (Å²) in [6.45, 7) is 5.17. The van der Waals surface area contributed by atoms with Crippen molar-refractivity contribution in [2.24, 2.45) is 11.8 Å². The van der Waals surface area contributed by atoms with Crippen LogP contribution in [0, 0.1) is 11.8 Å². The zero-order valence-electron chi connectivity index (χ0n) is 19.0. The van der Waals surface area contributed by atoms with E-state index in [1.165, 1.54) is 0 Å². The van der Waals surface area contributed by atoms with Gasteiger partial charge in [-0.05, 0) is 35.2 Å². The summed E-state index contributed by atoms with van der Waals surface area (Å²) in [5, 5.41) is 15.9. The van der Waals surface area contributed by atoms with Gasteiger partial charge in [0.1, 0.15) is 6.29 Å². The zero-order chi connectivity index (χ0) is 24.5. The highest BCUT2D eigenvalue weighted by atomic mass is 16.4. The molecule has 0 aliphatic rings. The maximum Gasteiger partial charge on any atom is 0.303 e. The summed E-state index contributed by atoms with van der Waals surface area (Å²) in [5.74, 6) is -3.20. The normalized spacial score (nSPS) is 13.7. The second-order valence-electron chi connectivity index (χ2n) is 8.51. The predicted molar refractivity (Wildman–Crippen MR) is 124 cm³/mol. The SMILES string of the molecule is CC(C)[C@H](NC(=O)c1ccc2ccccc2c1)C(=O)C[C@H](C)C(=O)N[C@H](C=O)CCC(=O)O. The van der Waals surface area contributed by atoms with Gasteiger partial charge in [-0.3, -0.25) is 19.2 Å². The highest BCUT2D eigenvalue weighted by Gasteiger charge is 2.28. The molecule has 0 spiro atoms. The minimum atomic E-state index is -1.07. The fourth-order valence-corrected chi connectivity index (χ4v) is 3.47. The molecule has 8 nitrogen and oxygen atoms in total. The molecule has 0 aliphatic heterocycles. The molecule has 0 saturated carbocycles. The van der Waals surface area contributed by atoms with Crippen molar-refractivity contribution >= 4 is 40.6 Å². The van der Waals surface area contributed by atoms with Gasteiger partial charge < -0.3 is 20.5 Å². The van der Waals surface area contributed by atoms with Crippen LogP contribution >= 0.6 is 0 Å². The van der Waals surface area contributed by atoms with Gasteiger partial charge in [-0.2, -0.15) is 0 Å². The lowest BCUT2D eigenvalue weighted by Gasteiger charge is -2.23. The monoisotopic (exact) mass is 454 g/mol. The molecule has 0 unspecified atom stereocenters. The Balaban J connectivity index is 2.01. The number of carbonyl (C=O) groups is 5. The summed E-state index contributed by atoms with van der Waals surface area (Å²) in [5.41, 5.74) is 0.435. The quantitative estimate of drug-likeness (QED) is 0.423. The topological polar surface area (TPSA) is 130 Å². The van der Waals surface area contributed by atoms with Crippen LogP contribution in [0.3, 0.4) is 0 Å². The Labute approximate surface area is 192 Å². The van der Waals surface area contributed by atoms with Gasteiger partial charge >= 0.3 is 5.97 Å². The third kappa shape index (κ3) is 7.52. The fraction of sp³-hybridized carbons (Fsp3) is 0.400. The number of carboxylic acids is 1. The Morgan fingerprint density at radius 1 is 0.970 bits per heavy atom. The van der Waals surface area contributed by atoms with Crippen LogP contribution in [-0.4, -0.2) is 47.0 Å². The van der Waals surface area contributed by atoms with Crippen molar-refractivity contribution in [2.45, 2.75) is 52.1 Å². The summed E-state index contributed by atoms with van der Waals surface area (Å²) in [7, 11) is 0. The van der Waals surface area contributed by atoms with E-state index in [-0.39, 0.29) is 36.9 Å². The third-order valence-corrected chi connectivity index (χ3v) is 5.43. The van der Waals surface area contributed by atoms with Crippen LogP contribution in [0.15, 0.2) is 42.5 Å².